The van der Waals surface area contributed by atoms with E-state index in [0.717, 1.165) is 6.92 Å². The van der Waals surface area contributed by atoms with E-state index in [0.29, 0.717) is 5.56 Å². The fourth-order valence-electron chi connectivity index (χ4n) is 1.62. The summed E-state index contributed by atoms with van der Waals surface area (Å²) in [6.45, 7) is 0.984. The molecule has 5 heteroatoms. The summed E-state index contributed by atoms with van der Waals surface area (Å²) in [6, 6.07) is 8.55. The minimum absolute atomic E-state index is 0.0108. The number of alkyl halides is 3. The van der Waals surface area contributed by atoms with Gasteiger partial charge in [0.25, 0.3) is 0 Å². The second-order valence-corrected chi connectivity index (χ2v) is 4.03. The molecule has 0 saturated carbocycles. The van der Waals surface area contributed by atoms with Crippen LogP contribution < -0.4 is 5.73 Å². The van der Waals surface area contributed by atoms with Gasteiger partial charge in [0.2, 0.25) is 5.91 Å². The average molecular weight is 245 g/mol. The summed E-state index contributed by atoms with van der Waals surface area (Å²) >= 11 is 0. The van der Waals surface area contributed by atoms with Crippen molar-refractivity contribution in [2.75, 3.05) is 0 Å². The van der Waals surface area contributed by atoms with Gasteiger partial charge in [-0.05, 0) is 12.0 Å². The molecule has 0 heterocycles. The summed E-state index contributed by atoms with van der Waals surface area (Å²) in [4.78, 5) is 11.1. The summed E-state index contributed by atoms with van der Waals surface area (Å²) < 4.78 is 37.7. The monoisotopic (exact) mass is 245 g/mol. The van der Waals surface area contributed by atoms with Gasteiger partial charge in [-0.3, -0.25) is 4.79 Å². The van der Waals surface area contributed by atoms with Gasteiger partial charge in [-0.2, -0.15) is 13.2 Å². The zero-order chi connectivity index (χ0) is 13.1. The minimum Gasteiger partial charge on any atom is -0.369 e. The van der Waals surface area contributed by atoms with Crippen LogP contribution >= 0.6 is 0 Å². The van der Waals surface area contributed by atoms with Crippen LogP contribution in [0.4, 0.5) is 13.2 Å². The first kappa shape index (κ1) is 13.5. The van der Waals surface area contributed by atoms with Crippen LogP contribution in [-0.4, -0.2) is 12.1 Å². The first-order valence-electron chi connectivity index (χ1n) is 5.22. The van der Waals surface area contributed by atoms with E-state index in [4.69, 9.17) is 5.73 Å². The van der Waals surface area contributed by atoms with Crippen molar-refractivity contribution in [3.05, 3.63) is 35.9 Å². The number of amides is 1. The zero-order valence-corrected chi connectivity index (χ0v) is 9.37. The van der Waals surface area contributed by atoms with E-state index in [9.17, 15) is 18.0 Å². The van der Waals surface area contributed by atoms with Gasteiger partial charge < -0.3 is 5.73 Å². The molecule has 2 atom stereocenters. The molecule has 17 heavy (non-hydrogen) atoms. The molecule has 1 aromatic carbocycles. The molecule has 1 rings (SSSR count). The lowest BCUT2D eigenvalue weighted by molar-refractivity contribution is -0.185. The predicted molar refractivity (Wildman–Crippen MR) is 58.0 cm³/mol. The molecule has 0 radical (unpaired) electrons. The number of hydrogen-bond acceptors (Lipinski definition) is 1. The highest BCUT2D eigenvalue weighted by Crippen LogP contribution is 2.33. The second-order valence-electron chi connectivity index (χ2n) is 4.03. The van der Waals surface area contributed by atoms with E-state index < -0.39 is 23.9 Å². The molecule has 0 saturated heterocycles. The van der Waals surface area contributed by atoms with Crippen molar-refractivity contribution in [1.82, 2.24) is 0 Å². The Morgan fingerprint density at radius 3 is 2.24 bits per heavy atom. The lowest BCUT2D eigenvalue weighted by Gasteiger charge is -2.23. The van der Waals surface area contributed by atoms with Crippen molar-refractivity contribution in [3.63, 3.8) is 0 Å². The highest BCUT2D eigenvalue weighted by molar-refractivity contribution is 5.77. The van der Waals surface area contributed by atoms with E-state index in [-0.39, 0.29) is 6.42 Å². The molecule has 2 nitrogen and oxygen atoms in total. The number of carbonyl (C=O) groups excluding carboxylic acids is 1. The van der Waals surface area contributed by atoms with E-state index in [2.05, 4.69) is 0 Å². The first-order valence-corrected chi connectivity index (χ1v) is 5.22. The molecule has 0 aliphatic carbocycles. The SMILES string of the molecule is CC(C(Cc1ccccc1)C(N)=O)C(F)(F)F. The van der Waals surface area contributed by atoms with Gasteiger partial charge in [0, 0.05) is 0 Å². The molecule has 94 valence electrons. The largest absolute Gasteiger partial charge is 0.392 e. The highest BCUT2D eigenvalue weighted by atomic mass is 19.4. The minimum atomic E-state index is -4.41. The highest BCUT2D eigenvalue weighted by Gasteiger charge is 2.43. The molecule has 1 aromatic rings. The molecule has 0 fully saturated rings. The zero-order valence-electron chi connectivity index (χ0n) is 9.37. The third-order valence-electron chi connectivity index (χ3n) is 2.78. The maximum atomic E-state index is 12.6. The van der Waals surface area contributed by atoms with Crippen LogP contribution in [0, 0.1) is 11.8 Å². The number of carbonyl (C=O) groups is 1. The van der Waals surface area contributed by atoms with E-state index in [1.165, 1.54) is 0 Å². The third-order valence-corrected chi connectivity index (χ3v) is 2.78. The Morgan fingerprint density at radius 2 is 1.82 bits per heavy atom. The van der Waals surface area contributed by atoms with Crippen LogP contribution in [0.1, 0.15) is 12.5 Å². The van der Waals surface area contributed by atoms with Crippen molar-refractivity contribution < 1.29 is 18.0 Å². The fraction of sp³-hybridized carbons (Fsp3) is 0.417. The number of primary amides is 1. The van der Waals surface area contributed by atoms with Crippen molar-refractivity contribution in [2.45, 2.75) is 19.5 Å². The molecule has 1 amide bonds. The van der Waals surface area contributed by atoms with Crippen LogP contribution in [-0.2, 0) is 11.2 Å². The summed E-state index contributed by atoms with van der Waals surface area (Å²) in [5.74, 6) is -3.88. The Balaban J connectivity index is 2.85. The van der Waals surface area contributed by atoms with Crippen LogP contribution in [0.25, 0.3) is 0 Å². The molecular weight excluding hydrogens is 231 g/mol. The van der Waals surface area contributed by atoms with Crippen molar-refractivity contribution in [3.8, 4) is 0 Å². The van der Waals surface area contributed by atoms with Crippen LogP contribution in [0.5, 0.6) is 0 Å². The Hall–Kier alpha value is -1.52. The molecule has 2 unspecified atom stereocenters. The molecule has 0 aliphatic heterocycles. The van der Waals surface area contributed by atoms with Crippen molar-refractivity contribution in [1.29, 1.82) is 0 Å². The predicted octanol–water partition coefficient (Wildman–Crippen LogP) is 2.53. The lowest BCUT2D eigenvalue weighted by atomic mass is 9.87. The standard InChI is InChI=1S/C12H14F3NO/c1-8(12(13,14)15)10(11(16)17)7-9-5-3-2-4-6-9/h2-6,8,10H,7H2,1H3,(H2,16,17). The van der Waals surface area contributed by atoms with Gasteiger partial charge in [0.1, 0.15) is 0 Å². The molecule has 0 bridgehead atoms. The molecule has 0 aliphatic rings. The van der Waals surface area contributed by atoms with E-state index in [1.807, 2.05) is 0 Å². The maximum absolute atomic E-state index is 12.6. The van der Waals surface area contributed by atoms with Gasteiger partial charge in [-0.1, -0.05) is 37.3 Å². The quantitative estimate of drug-likeness (QED) is 0.870. The summed E-state index contributed by atoms with van der Waals surface area (Å²) in [7, 11) is 0. The summed E-state index contributed by atoms with van der Waals surface area (Å²) in [5, 5.41) is 0. The normalized spacial score (nSPS) is 15.3. The van der Waals surface area contributed by atoms with Gasteiger partial charge >= 0.3 is 6.18 Å². The van der Waals surface area contributed by atoms with Gasteiger partial charge in [0.15, 0.2) is 0 Å². The molecular formula is C12H14F3NO. The van der Waals surface area contributed by atoms with Crippen LogP contribution in [0.15, 0.2) is 30.3 Å². The number of nitrogens with two attached hydrogens (primary N) is 1. The van der Waals surface area contributed by atoms with Gasteiger partial charge in [0.05, 0.1) is 11.8 Å². The summed E-state index contributed by atoms with van der Waals surface area (Å²) in [5.41, 5.74) is 5.72. The van der Waals surface area contributed by atoms with Crippen LogP contribution in [0.3, 0.4) is 0 Å². The van der Waals surface area contributed by atoms with Crippen LogP contribution in [0.2, 0.25) is 0 Å². The van der Waals surface area contributed by atoms with E-state index >= 15 is 0 Å². The fourth-order valence-corrected chi connectivity index (χ4v) is 1.62. The Labute approximate surface area is 97.6 Å². The molecule has 2 N–H and O–H groups in total. The summed E-state index contributed by atoms with van der Waals surface area (Å²) in [6.07, 6.45) is -4.40. The smallest absolute Gasteiger partial charge is 0.369 e. The Bertz CT molecular complexity index is 375. The first-order chi connectivity index (χ1) is 7.82. The number of rotatable bonds is 4. The maximum Gasteiger partial charge on any atom is 0.392 e. The Kier molecular flexibility index (Phi) is 4.15. The Morgan fingerprint density at radius 1 is 1.29 bits per heavy atom. The number of halogens is 3. The number of hydrogen-bond donors (Lipinski definition) is 1. The van der Waals surface area contributed by atoms with Crippen molar-refractivity contribution in [2.24, 2.45) is 17.6 Å². The third kappa shape index (κ3) is 3.76. The molecule has 0 aromatic heterocycles. The molecule has 0 spiro atoms. The van der Waals surface area contributed by atoms with E-state index in [1.54, 1.807) is 30.3 Å². The number of benzene rings is 1. The lowest BCUT2D eigenvalue weighted by Crippen LogP contribution is -2.37. The topological polar surface area (TPSA) is 43.1 Å². The van der Waals surface area contributed by atoms with Gasteiger partial charge in [-0.25, -0.2) is 0 Å². The second kappa shape index (κ2) is 5.21. The van der Waals surface area contributed by atoms with Gasteiger partial charge in [-0.15, -0.1) is 0 Å². The van der Waals surface area contributed by atoms with Crippen molar-refractivity contribution >= 4 is 5.91 Å². The average Bonchev–Trinajstić information content (AvgIpc) is 2.24.